The Bertz CT molecular complexity index is 2080. The molecule has 4 aromatic heterocycles. The van der Waals surface area contributed by atoms with E-state index in [0.29, 0.717) is 32.3 Å². The van der Waals surface area contributed by atoms with Gasteiger partial charge in [-0.15, -0.1) is 0 Å². The number of carbonyl (C=O) groups is 2. The summed E-state index contributed by atoms with van der Waals surface area (Å²) in [5.41, 5.74) is 2.21. The molecule has 8 rings (SSSR count). The van der Waals surface area contributed by atoms with E-state index in [1.54, 1.807) is 17.1 Å². The molecule has 2 fully saturated rings. The first-order valence-corrected chi connectivity index (χ1v) is 18.2. The standard InChI is InChI=1S/C19H20N4O3.C19H20N4O2S/c24-18-15-11-21-22-17(15)20-12-23(18)16(13-7-3-1-4-8-13)19(25)26-14-9-5-2-6-10-14;24-19(25-14-9-5-2-6-10-14)16(13-7-3-1-4-8-13)23-12-20-17-15(18(23)26)11-21-22-17/h2*1,3-4,7-8,11-12,14,16H,2,5-6,9-10H2,(H,21,22). The highest BCUT2D eigenvalue weighted by Crippen LogP contribution is 2.28. The van der Waals surface area contributed by atoms with E-state index in [2.05, 4.69) is 30.4 Å². The fourth-order valence-corrected chi connectivity index (χ4v) is 7.28. The van der Waals surface area contributed by atoms with Gasteiger partial charge in [0.15, 0.2) is 23.4 Å². The number of nitrogens with zero attached hydrogens (tertiary/aromatic N) is 6. The van der Waals surface area contributed by atoms with Crippen LogP contribution in [-0.4, -0.2) is 63.6 Å². The quantitative estimate of drug-likeness (QED) is 0.130. The highest BCUT2D eigenvalue weighted by molar-refractivity contribution is 7.71. The largest absolute Gasteiger partial charge is 0.461 e. The van der Waals surface area contributed by atoms with Gasteiger partial charge in [-0.2, -0.15) is 10.2 Å². The minimum Gasteiger partial charge on any atom is -0.461 e. The van der Waals surface area contributed by atoms with Gasteiger partial charge < -0.3 is 14.0 Å². The lowest BCUT2D eigenvalue weighted by molar-refractivity contribution is -0.154. The van der Waals surface area contributed by atoms with Gasteiger partial charge in [-0.1, -0.05) is 85.7 Å². The molecule has 0 spiro atoms. The van der Waals surface area contributed by atoms with Crippen molar-refractivity contribution >= 4 is 46.2 Å². The molecular formula is C38H40N8O5S. The number of carbonyl (C=O) groups excluding carboxylic acids is 2. The van der Waals surface area contributed by atoms with Crippen LogP contribution in [0.3, 0.4) is 0 Å². The van der Waals surface area contributed by atoms with E-state index in [-0.39, 0.29) is 23.7 Å². The van der Waals surface area contributed by atoms with E-state index in [4.69, 9.17) is 21.7 Å². The lowest BCUT2D eigenvalue weighted by Crippen LogP contribution is -2.34. The Morgan fingerprint density at radius 2 is 1.10 bits per heavy atom. The molecule has 13 nitrogen and oxygen atoms in total. The minimum absolute atomic E-state index is 0.0118. The van der Waals surface area contributed by atoms with E-state index < -0.39 is 18.1 Å². The second kappa shape index (κ2) is 16.2. The third-order valence-electron chi connectivity index (χ3n) is 9.69. The molecule has 52 heavy (non-hydrogen) atoms. The average Bonchev–Trinajstić information content (AvgIpc) is 3.87. The van der Waals surface area contributed by atoms with Crippen molar-refractivity contribution in [1.82, 2.24) is 39.5 Å². The number of fused-ring (bicyclic) bond motifs is 2. The number of rotatable bonds is 8. The van der Waals surface area contributed by atoms with Crippen LogP contribution in [0, 0.1) is 4.64 Å². The molecular weight excluding hydrogens is 681 g/mol. The van der Waals surface area contributed by atoms with Crippen molar-refractivity contribution in [3.63, 3.8) is 0 Å². The number of aromatic nitrogens is 8. The summed E-state index contributed by atoms with van der Waals surface area (Å²) in [6.45, 7) is 0. The molecule has 0 radical (unpaired) electrons. The van der Waals surface area contributed by atoms with Gasteiger partial charge in [0.05, 0.1) is 24.1 Å². The van der Waals surface area contributed by atoms with Crippen molar-refractivity contribution in [3.05, 3.63) is 112 Å². The predicted octanol–water partition coefficient (Wildman–Crippen LogP) is 6.54. The normalized spacial score (nSPS) is 16.5. The molecule has 2 aliphatic rings. The third kappa shape index (κ3) is 7.71. The summed E-state index contributed by atoms with van der Waals surface area (Å²) in [7, 11) is 0. The molecule has 0 aliphatic heterocycles. The van der Waals surface area contributed by atoms with Crippen molar-refractivity contribution in [2.75, 3.05) is 0 Å². The molecule has 2 unspecified atom stereocenters. The maximum atomic E-state index is 13.1. The average molecular weight is 721 g/mol. The van der Waals surface area contributed by atoms with Gasteiger partial charge in [-0.3, -0.25) is 19.6 Å². The zero-order valence-electron chi connectivity index (χ0n) is 28.6. The Labute approximate surface area is 304 Å². The van der Waals surface area contributed by atoms with E-state index in [1.807, 2.05) is 60.7 Å². The highest BCUT2D eigenvalue weighted by atomic mass is 32.1. The van der Waals surface area contributed by atoms with Crippen LogP contribution in [0.15, 0.2) is 90.5 Å². The molecule has 2 aromatic carbocycles. The highest BCUT2D eigenvalue weighted by Gasteiger charge is 2.30. The molecule has 14 heteroatoms. The number of ether oxygens (including phenoxy) is 2. The zero-order chi connectivity index (χ0) is 35.9. The Hall–Kier alpha value is -5.50. The number of H-pyrrole nitrogens is 2. The Balaban J connectivity index is 0.000000162. The molecule has 268 valence electrons. The number of aromatic amines is 2. The van der Waals surface area contributed by atoms with Crippen LogP contribution in [0.1, 0.15) is 87.4 Å². The molecule has 0 bridgehead atoms. The number of nitrogens with one attached hydrogen (secondary N) is 2. The second-order valence-electron chi connectivity index (χ2n) is 13.2. The Morgan fingerprint density at radius 3 is 1.62 bits per heavy atom. The maximum Gasteiger partial charge on any atom is 0.334 e. The molecule has 0 saturated heterocycles. The monoisotopic (exact) mass is 720 g/mol. The first-order chi connectivity index (χ1) is 25.5. The van der Waals surface area contributed by atoms with Gasteiger partial charge in [-0.25, -0.2) is 19.6 Å². The van der Waals surface area contributed by atoms with Gasteiger partial charge in [0.1, 0.15) is 28.6 Å². The van der Waals surface area contributed by atoms with Crippen LogP contribution in [0.25, 0.3) is 22.1 Å². The summed E-state index contributed by atoms with van der Waals surface area (Å²) in [5.74, 6) is -0.710. The Morgan fingerprint density at radius 1 is 0.654 bits per heavy atom. The summed E-state index contributed by atoms with van der Waals surface area (Å²) in [6, 6.07) is 17.2. The topological polar surface area (TPSA) is 163 Å². The smallest absolute Gasteiger partial charge is 0.334 e. The van der Waals surface area contributed by atoms with Crippen molar-refractivity contribution in [1.29, 1.82) is 0 Å². The fraction of sp³-hybridized carbons (Fsp3) is 0.368. The van der Waals surface area contributed by atoms with Gasteiger partial charge in [0, 0.05) is 0 Å². The summed E-state index contributed by atoms with van der Waals surface area (Å²) in [4.78, 5) is 47.5. The lowest BCUT2D eigenvalue weighted by Gasteiger charge is -2.26. The van der Waals surface area contributed by atoms with Crippen LogP contribution >= 0.6 is 12.2 Å². The summed E-state index contributed by atoms with van der Waals surface area (Å²) < 4.78 is 15.2. The van der Waals surface area contributed by atoms with Gasteiger partial charge in [0.25, 0.3) is 5.56 Å². The maximum absolute atomic E-state index is 13.1. The van der Waals surface area contributed by atoms with Crippen molar-refractivity contribution < 1.29 is 19.1 Å². The molecule has 2 saturated carbocycles. The molecule has 6 aromatic rings. The van der Waals surface area contributed by atoms with Crippen LogP contribution in [0.4, 0.5) is 0 Å². The van der Waals surface area contributed by atoms with Crippen molar-refractivity contribution in [3.8, 4) is 0 Å². The minimum atomic E-state index is -0.863. The first-order valence-electron chi connectivity index (χ1n) is 17.8. The lowest BCUT2D eigenvalue weighted by atomic mass is 9.97. The molecule has 4 heterocycles. The summed E-state index contributed by atoms with van der Waals surface area (Å²) in [6.07, 6.45) is 16.3. The third-order valence-corrected chi connectivity index (χ3v) is 10.1. The van der Waals surface area contributed by atoms with Crippen LogP contribution < -0.4 is 5.56 Å². The molecule has 0 amide bonds. The summed E-state index contributed by atoms with van der Waals surface area (Å²) in [5, 5.41) is 14.4. The molecule has 2 aliphatic carbocycles. The molecule has 2 N–H and O–H groups in total. The number of benzene rings is 2. The number of esters is 2. The van der Waals surface area contributed by atoms with Gasteiger partial charge in [0.2, 0.25) is 0 Å². The van der Waals surface area contributed by atoms with Crippen LogP contribution in [-0.2, 0) is 19.1 Å². The van der Waals surface area contributed by atoms with E-state index >= 15 is 0 Å². The first kappa shape index (κ1) is 34.9. The molecule has 2 atom stereocenters. The van der Waals surface area contributed by atoms with E-state index in [1.165, 1.54) is 29.9 Å². The van der Waals surface area contributed by atoms with Gasteiger partial charge in [-0.05, 0) is 62.5 Å². The Kier molecular flexibility index (Phi) is 10.9. The second-order valence-corrected chi connectivity index (χ2v) is 13.6. The number of hydrogen-bond donors (Lipinski definition) is 2. The summed E-state index contributed by atoms with van der Waals surface area (Å²) >= 11 is 5.60. The van der Waals surface area contributed by atoms with Crippen molar-refractivity contribution in [2.45, 2.75) is 88.5 Å². The van der Waals surface area contributed by atoms with Gasteiger partial charge >= 0.3 is 11.9 Å². The zero-order valence-corrected chi connectivity index (χ0v) is 29.4. The number of hydrogen-bond acceptors (Lipinski definition) is 10. The fourth-order valence-electron chi connectivity index (χ4n) is 6.97. The van der Waals surface area contributed by atoms with E-state index in [0.717, 1.165) is 56.9 Å². The van der Waals surface area contributed by atoms with Crippen LogP contribution in [0.5, 0.6) is 0 Å². The van der Waals surface area contributed by atoms with Crippen molar-refractivity contribution in [2.24, 2.45) is 0 Å². The predicted molar refractivity (Wildman–Crippen MR) is 196 cm³/mol. The van der Waals surface area contributed by atoms with Crippen LogP contribution in [0.2, 0.25) is 0 Å². The SMILES string of the molecule is O=C(OC1CCCCC1)C(c1ccccc1)n1cnc2[nH]ncc2c1=O.O=C(OC1CCCCC1)C(c1ccccc1)n1cnc2[nH]ncc2c1=S. The van der Waals surface area contributed by atoms with E-state index in [9.17, 15) is 14.4 Å².